The molecular weight excluding hydrogens is 311 g/mol. The van der Waals surface area contributed by atoms with Gasteiger partial charge in [-0.1, -0.05) is 15.9 Å². The molecule has 0 aliphatic carbocycles. The second-order valence-electron chi connectivity index (χ2n) is 3.61. The maximum Gasteiger partial charge on any atom is 0.416 e. The van der Waals surface area contributed by atoms with Crippen molar-refractivity contribution in [3.05, 3.63) is 57.8 Å². The lowest BCUT2D eigenvalue weighted by Crippen LogP contribution is -2.09. The van der Waals surface area contributed by atoms with Crippen molar-refractivity contribution in [1.82, 2.24) is 4.98 Å². The fourth-order valence-electron chi connectivity index (χ4n) is 1.49. The Morgan fingerprint density at radius 3 is 2.50 bits per heavy atom. The number of aromatic amines is 1. The first kappa shape index (κ1) is 12.9. The molecule has 0 atom stereocenters. The zero-order valence-electron chi connectivity index (χ0n) is 8.88. The zero-order chi connectivity index (χ0) is 13.3. The first-order valence-corrected chi connectivity index (χ1v) is 5.74. The minimum atomic E-state index is -4.47. The van der Waals surface area contributed by atoms with Gasteiger partial charge in [0, 0.05) is 16.2 Å². The summed E-state index contributed by atoms with van der Waals surface area (Å²) in [6.45, 7) is 0. The first-order chi connectivity index (χ1) is 8.39. The van der Waals surface area contributed by atoms with Crippen molar-refractivity contribution in [2.24, 2.45) is 0 Å². The van der Waals surface area contributed by atoms with Gasteiger partial charge in [-0.3, -0.25) is 4.79 Å². The van der Waals surface area contributed by atoms with Gasteiger partial charge in [-0.2, -0.15) is 13.2 Å². The highest BCUT2D eigenvalue weighted by Crippen LogP contribution is 2.32. The smallest absolute Gasteiger partial charge is 0.359 e. The molecule has 0 aliphatic heterocycles. The van der Waals surface area contributed by atoms with E-state index in [1.165, 1.54) is 18.3 Å². The lowest BCUT2D eigenvalue weighted by atomic mass is 10.1. The van der Waals surface area contributed by atoms with Crippen LogP contribution in [0.15, 0.2) is 41.0 Å². The van der Waals surface area contributed by atoms with Gasteiger partial charge in [-0.05, 0) is 30.3 Å². The van der Waals surface area contributed by atoms with Crippen LogP contribution in [0.4, 0.5) is 13.2 Å². The number of carbonyl (C=O) groups is 1. The standard InChI is InChI=1S/C12H7BrF3NO/c13-9-4-3-7(12(14,15)16)6-8(9)11(18)10-2-1-5-17-10/h1-6,17H. The Kier molecular flexibility index (Phi) is 3.30. The fourth-order valence-corrected chi connectivity index (χ4v) is 1.92. The van der Waals surface area contributed by atoms with Crippen molar-refractivity contribution in [1.29, 1.82) is 0 Å². The molecule has 0 fully saturated rings. The van der Waals surface area contributed by atoms with E-state index in [0.717, 1.165) is 12.1 Å². The summed E-state index contributed by atoms with van der Waals surface area (Å²) in [6, 6.07) is 6.10. The Bertz CT molecular complexity index is 576. The lowest BCUT2D eigenvalue weighted by Gasteiger charge is -2.09. The van der Waals surface area contributed by atoms with Crippen LogP contribution in [0.2, 0.25) is 0 Å². The van der Waals surface area contributed by atoms with E-state index >= 15 is 0 Å². The monoisotopic (exact) mass is 317 g/mol. The van der Waals surface area contributed by atoms with E-state index in [0.29, 0.717) is 4.47 Å². The number of ketones is 1. The molecule has 1 N–H and O–H groups in total. The number of rotatable bonds is 2. The highest BCUT2D eigenvalue weighted by atomic mass is 79.9. The maximum atomic E-state index is 12.6. The molecule has 0 amide bonds. The topological polar surface area (TPSA) is 32.9 Å². The molecule has 18 heavy (non-hydrogen) atoms. The van der Waals surface area contributed by atoms with Gasteiger partial charge >= 0.3 is 6.18 Å². The fraction of sp³-hybridized carbons (Fsp3) is 0.0833. The van der Waals surface area contributed by atoms with Crippen LogP contribution in [-0.2, 0) is 6.18 Å². The number of aromatic nitrogens is 1. The van der Waals surface area contributed by atoms with Crippen molar-refractivity contribution < 1.29 is 18.0 Å². The van der Waals surface area contributed by atoms with Gasteiger partial charge < -0.3 is 4.98 Å². The second kappa shape index (κ2) is 4.61. The normalized spacial score (nSPS) is 11.6. The zero-order valence-corrected chi connectivity index (χ0v) is 10.5. The third-order valence-corrected chi connectivity index (χ3v) is 3.07. The van der Waals surface area contributed by atoms with Gasteiger partial charge in [0.1, 0.15) is 0 Å². The summed E-state index contributed by atoms with van der Waals surface area (Å²) in [6.07, 6.45) is -2.93. The van der Waals surface area contributed by atoms with Gasteiger partial charge in [-0.25, -0.2) is 0 Å². The molecule has 1 aromatic carbocycles. The largest absolute Gasteiger partial charge is 0.416 e. The number of benzene rings is 1. The Hall–Kier alpha value is -1.56. The molecule has 0 unspecified atom stereocenters. The Labute approximate surface area is 109 Å². The molecule has 94 valence electrons. The number of nitrogens with one attached hydrogen (secondary N) is 1. The molecular formula is C12H7BrF3NO. The summed E-state index contributed by atoms with van der Waals surface area (Å²) in [5.41, 5.74) is -0.622. The Balaban J connectivity index is 2.48. The predicted molar refractivity (Wildman–Crippen MR) is 63.4 cm³/mol. The van der Waals surface area contributed by atoms with Crippen LogP contribution in [0.25, 0.3) is 0 Å². The highest BCUT2D eigenvalue weighted by molar-refractivity contribution is 9.10. The molecule has 0 saturated carbocycles. The van der Waals surface area contributed by atoms with Gasteiger partial charge in [0.25, 0.3) is 0 Å². The van der Waals surface area contributed by atoms with E-state index < -0.39 is 17.5 Å². The third kappa shape index (κ3) is 2.48. The van der Waals surface area contributed by atoms with Crippen molar-refractivity contribution >= 4 is 21.7 Å². The molecule has 0 aliphatic rings. The van der Waals surface area contributed by atoms with Crippen molar-refractivity contribution in [3.63, 3.8) is 0 Å². The van der Waals surface area contributed by atoms with Gasteiger partial charge in [-0.15, -0.1) is 0 Å². The predicted octanol–water partition coefficient (Wildman–Crippen LogP) is 4.03. The van der Waals surface area contributed by atoms with E-state index in [4.69, 9.17) is 0 Å². The molecule has 1 aromatic heterocycles. The summed E-state index contributed by atoms with van der Waals surface area (Å²) in [5, 5.41) is 0. The van der Waals surface area contributed by atoms with Crippen LogP contribution >= 0.6 is 15.9 Å². The molecule has 0 bridgehead atoms. The molecule has 0 spiro atoms. The molecule has 0 saturated heterocycles. The van der Waals surface area contributed by atoms with Gasteiger partial charge in [0.15, 0.2) is 0 Å². The van der Waals surface area contributed by atoms with Crippen LogP contribution in [0.3, 0.4) is 0 Å². The average molecular weight is 318 g/mol. The minimum absolute atomic E-state index is 0.0210. The summed E-state index contributed by atoms with van der Waals surface area (Å²) in [5.74, 6) is -0.488. The number of carbonyl (C=O) groups excluding carboxylic acids is 1. The minimum Gasteiger partial charge on any atom is -0.359 e. The maximum absolute atomic E-state index is 12.6. The first-order valence-electron chi connectivity index (χ1n) is 4.94. The third-order valence-electron chi connectivity index (χ3n) is 2.38. The van der Waals surface area contributed by atoms with Gasteiger partial charge in [0.05, 0.1) is 11.3 Å². The van der Waals surface area contributed by atoms with E-state index in [1.54, 1.807) is 6.07 Å². The number of halogens is 4. The number of hydrogen-bond acceptors (Lipinski definition) is 1. The molecule has 6 heteroatoms. The van der Waals surface area contributed by atoms with Gasteiger partial charge in [0.2, 0.25) is 5.78 Å². The molecule has 2 aromatic rings. The van der Waals surface area contributed by atoms with E-state index in [1.807, 2.05) is 0 Å². The molecule has 2 rings (SSSR count). The molecule has 0 radical (unpaired) electrons. The Morgan fingerprint density at radius 1 is 1.22 bits per heavy atom. The van der Waals surface area contributed by atoms with Crippen molar-refractivity contribution in [3.8, 4) is 0 Å². The molecule has 2 nitrogen and oxygen atoms in total. The number of hydrogen-bond donors (Lipinski definition) is 1. The number of alkyl halides is 3. The van der Waals surface area contributed by atoms with E-state index in [2.05, 4.69) is 20.9 Å². The number of H-pyrrole nitrogens is 1. The summed E-state index contributed by atoms with van der Waals surface area (Å²) in [4.78, 5) is 14.6. The van der Waals surface area contributed by atoms with Crippen LogP contribution < -0.4 is 0 Å². The Morgan fingerprint density at radius 2 is 1.94 bits per heavy atom. The van der Waals surface area contributed by atoms with Crippen molar-refractivity contribution in [2.75, 3.05) is 0 Å². The van der Waals surface area contributed by atoms with Crippen LogP contribution in [0, 0.1) is 0 Å². The van der Waals surface area contributed by atoms with Crippen molar-refractivity contribution in [2.45, 2.75) is 6.18 Å². The molecule has 1 heterocycles. The van der Waals surface area contributed by atoms with E-state index in [9.17, 15) is 18.0 Å². The average Bonchev–Trinajstić information content (AvgIpc) is 2.80. The van der Waals surface area contributed by atoms with Crippen LogP contribution in [0.1, 0.15) is 21.6 Å². The second-order valence-corrected chi connectivity index (χ2v) is 4.46. The van der Waals surface area contributed by atoms with E-state index in [-0.39, 0.29) is 11.3 Å². The lowest BCUT2D eigenvalue weighted by molar-refractivity contribution is -0.137. The van der Waals surface area contributed by atoms with Crippen LogP contribution in [0.5, 0.6) is 0 Å². The summed E-state index contributed by atoms with van der Waals surface area (Å²) in [7, 11) is 0. The highest BCUT2D eigenvalue weighted by Gasteiger charge is 2.31. The van der Waals surface area contributed by atoms with Crippen LogP contribution in [-0.4, -0.2) is 10.8 Å². The summed E-state index contributed by atoms with van der Waals surface area (Å²) >= 11 is 3.08. The SMILES string of the molecule is O=C(c1ccc[nH]1)c1cc(C(F)(F)F)ccc1Br. The summed E-state index contributed by atoms with van der Waals surface area (Å²) < 4.78 is 38.0. The quantitative estimate of drug-likeness (QED) is 0.833.